The maximum atomic E-state index is 11.7. The monoisotopic (exact) mass is 345 g/mol. The van der Waals surface area contributed by atoms with Crippen LogP contribution in [0.4, 0.5) is 0 Å². The van der Waals surface area contributed by atoms with Crippen molar-refractivity contribution >= 4 is 23.6 Å². The SMILES string of the molecule is CSCCNC(=NCC(=O)N(C)C)NCCCN1CCOCC1. The minimum Gasteiger partial charge on any atom is -0.379 e. The molecule has 0 aromatic rings. The second kappa shape index (κ2) is 12.4. The lowest BCUT2D eigenvalue weighted by Crippen LogP contribution is -2.42. The smallest absolute Gasteiger partial charge is 0.243 e. The first-order valence-corrected chi connectivity index (χ1v) is 9.54. The molecule has 1 fully saturated rings. The van der Waals surface area contributed by atoms with Gasteiger partial charge in [-0.2, -0.15) is 11.8 Å². The highest BCUT2D eigenvalue weighted by Gasteiger charge is 2.09. The summed E-state index contributed by atoms with van der Waals surface area (Å²) >= 11 is 1.78. The molecule has 0 aromatic carbocycles. The van der Waals surface area contributed by atoms with Crippen molar-refractivity contribution in [1.29, 1.82) is 0 Å². The van der Waals surface area contributed by atoms with Gasteiger partial charge >= 0.3 is 0 Å². The second-order valence-electron chi connectivity index (χ2n) is 5.61. The molecule has 23 heavy (non-hydrogen) atoms. The Morgan fingerprint density at radius 1 is 1.26 bits per heavy atom. The van der Waals surface area contributed by atoms with Crippen molar-refractivity contribution in [3.05, 3.63) is 0 Å². The molecule has 2 N–H and O–H groups in total. The predicted octanol–water partition coefficient (Wildman–Crippen LogP) is -0.305. The molecule has 1 aliphatic rings. The van der Waals surface area contributed by atoms with Crippen LogP contribution in [-0.2, 0) is 9.53 Å². The van der Waals surface area contributed by atoms with E-state index in [9.17, 15) is 4.79 Å². The Labute approximate surface area is 144 Å². The largest absolute Gasteiger partial charge is 0.379 e. The number of guanidine groups is 1. The molecule has 1 saturated heterocycles. The number of hydrogen-bond acceptors (Lipinski definition) is 5. The Hall–Kier alpha value is -0.990. The lowest BCUT2D eigenvalue weighted by Gasteiger charge is -2.26. The number of rotatable bonds is 9. The summed E-state index contributed by atoms with van der Waals surface area (Å²) in [4.78, 5) is 20.0. The molecule has 7 nitrogen and oxygen atoms in total. The first kappa shape index (κ1) is 20.1. The summed E-state index contributed by atoms with van der Waals surface area (Å²) in [6.45, 7) is 6.63. The van der Waals surface area contributed by atoms with Gasteiger partial charge in [0.15, 0.2) is 5.96 Å². The Kier molecular flexibility index (Phi) is 10.8. The normalized spacial score (nSPS) is 16.2. The van der Waals surface area contributed by atoms with Gasteiger partial charge in [-0.15, -0.1) is 0 Å². The third-order valence-electron chi connectivity index (χ3n) is 3.52. The highest BCUT2D eigenvalue weighted by molar-refractivity contribution is 7.98. The van der Waals surface area contributed by atoms with Crippen LogP contribution in [0.3, 0.4) is 0 Å². The van der Waals surface area contributed by atoms with Crippen LogP contribution in [0, 0.1) is 0 Å². The fraction of sp³-hybridized carbons (Fsp3) is 0.867. The molecule has 0 saturated carbocycles. The van der Waals surface area contributed by atoms with Crippen LogP contribution in [0.15, 0.2) is 4.99 Å². The van der Waals surface area contributed by atoms with Gasteiger partial charge < -0.3 is 20.3 Å². The number of amides is 1. The average Bonchev–Trinajstić information content (AvgIpc) is 2.56. The van der Waals surface area contributed by atoms with Crippen LogP contribution in [0.2, 0.25) is 0 Å². The summed E-state index contributed by atoms with van der Waals surface area (Å²) in [5.41, 5.74) is 0. The molecule has 8 heteroatoms. The van der Waals surface area contributed by atoms with Crippen molar-refractivity contribution in [2.75, 3.05) is 78.6 Å². The minimum atomic E-state index is 0.00397. The van der Waals surface area contributed by atoms with E-state index >= 15 is 0 Å². The van der Waals surface area contributed by atoms with Crippen molar-refractivity contribution in [1.82, 2.24) is 20.4 Å². The van der Waals surface area contributed by atoms with E-state index in [-0.39, 0.29) is 12.5 Å². The highest BCUT2D eigenvalue weighted by Crippen LogP contribution is 1.97. The molecule has 0 spiro atoms. The van der Waals surface area contributed by atoms with Gasteiger partial charge in [0.1, 0.15) is 6.54 Å². The average molecular weight is 346 g/mol. The van der Waals surface area contributed by atoms with Gasteiger partial charge in [-0.3, -0.25) is 9.69 Å². The van der Waals surface area contributed by atoms with Crippen LogP contribution in [0.25, 0.3) is 0 Å². The molecule has 1 aliphatic heterocycles. The quantitative estimate of drug-likeness (QED) is 0.340. The van der Waals surface area contributed by atoms with Gasteiger partial charge in [0, 0.05) is 46.0 Å². The molecule has 0 radical (unpaired) electrons. The zero-order chi connectivity index (χ0) is 16.9. The van der Waals surface area contributed by atoms with E-state index in [1.807, 2.05) is 0 Å². The van der Waals surface area contributed by atoms with E-state index in [4.69, 9.17) is 4.74 Å². The number of morpholine rings is 1. The Morgan fingerprint density at radius 2 is 1.96 bits per heavy atom. The van der Waals surface area contributed by atoms with Crippen LogP contribution < -0.4 is 10.6 Å². The van der Waals surface area contributed by atoms with E-state index in [1.54, 1.807) is 30.8 Å². The van der Waals surface area contributed by atoms with Gasteiger partial charge in [0.25, 0.3) is 0 Å². The van der Waals surface area contributed by atoms with Gasteiger partial charge in [-0.05, 0) is 19.2 Å². The lowest BCUT2D eigenvalue weighted by molar-refractivity contribution is -0.127. The zero-order valence-electron chi connectivity index (χ0n) is 14.6. The van der Waals surface area contributed by atoms with E-state index in [0.717, 1.165) is 64.1 Å². The topological polar surface area (TPSA) is 69.2 Å². The first-order chi connectivity index (χ1) is 11.1. The first-order valence-electron chi connectivity index (χ1n) is 8.15. The van der Waals surface area contributed by atoms with Crippen molar-refractivity contribution in [3.8, 4) is 0 Å². The number of carbonyl (C=O) groups is 1. The van der Waals surface area contributed by atoms with E-state index in [2.05, 4.69) is 26.8 Å². The standard InChI is InChI=1S/C15H31N5O2S/c1-19(2)14(21)13-18-15(17-6-12-23-3)16-5-4-7-20-8-10-22-11-9-20/h4-13H2,1-3H3,(H2,16,17,18). The zero-order valence-corrected chi connectivity index (χ0v) is 15.5. The van der Waals surface area contributed by atoms with Crippen LogP contribution in [0.1, 0.15) is 6.42 Å². The lowest BCUT2D eigenvalue weighted by atomic mass is 10.3. The highest BCUT2D eigenvalue weighted by atomic mass is 32.2. The third kappa shape index (κ3) is 9.68. The third-order valence-corrected chi connectivity index (χ3v) is 4.13. The molecule has 1 amide bonds. The van der Waals surface area contributed by atoms with Crippen LogP contribution >= 0.6 is 11.8 Å². The molecule has 0 aliphatic carbocycles. The summed E-state index contributed by atoms with van der Waals surface area (Å²) in [6.07, 6.45) is 3.12. The van der Waals surface area contributed by atoms with Gasteiger partial charge in [-0.1, -0.05) is 0 Å². The van der Waals surface area contributed by atoms with Crippen LogP contribution in [-0.4, -0.2) is 100 Å². The number of ether oxygens (including phenoxy) is 1. The summed E-state index contributed by atoms with van der Waals surface area (Å²) in [5, 5.41) is 6.58. The number of nitrogens with one attached hydrogen (secondary N) is 2. The number of nitrogens with zero attached hydrogens (tertiary/aromatic N) is 3. The summed E-state index contributed by atoms with van der Waals surface area (Å²) in [7, 11) is 3.49. The maximum absolute atomic E-state index is 11.7. The van der Waals surface area contributed by atoms with Crippen molar-refractivity contribution in [2.45, 2.75) is 6.42 Å². The van der Waals surface area contributed by atoms with Crippen molar-refractivity contribution < 1.29 is 9.53 Å². The Balaban J connectivity index is 2.29. The molecule has 0 unspecified atom stereocenters. The predicted molar refractivity (Wildman–Crippen MR) is 97.3 cm³/mol. The Bertz CT molecular complexity index is 360. The minimum absolute atomic E-state index is 0.00397. The fourth-order valence-corrected chi connectivity index (χ4v) is 2.37. The second-order valence-corrected chi connectivity index (χ2v) is 6.59. The molecule has 0 atom stereocenters. The van der Waals surface area contributed by atoms with Gasteiger partial charge in [-0.25, -0.2) is 4.99 Å². The molecule has 134 valence electrons. The number of hydrogen-bond donors (Lipinski definition) is 2. The van der Waals surface area contributed by atoms with Crippen LogP contribution in [0.5, 0.6) is 0 Å². The molecule has 1 rings (SSSR count). The number of aliphatic imine (C=N–C) groups is 1. The summed E-state index contributed by atoms with van der Waals surface area (Å²) < 4.78 is 5.35. The number of likely N-dealkylation sites (N-methyl/N-ethyl adjacent to an activating group) is 1. The van der Waals surface area contributed by atoms with E-state index in [0.29, 0.717) is 0 Å². The maximum Gasteiger partial charge on any atom is 0.243 e. The van der Waals surface area contributed by atoms with E-state index < -0.39 is 0 Å². The number of carbonyl (C=O) groups excluding carboxylic acids is 1. The Morgan fingerprint density at radius 3 is 2.61 bits per heavy atom. The fourth-order valence-electron chi connectivity index (χ4n) is 2.07. The molecule has 1 heterocycles. The van der Waals surface area contributed by atoms with Crippen molar-refractivity contribution in [2.24, 2.45) is 4.99 Å². The molecular weight excluding hydrogens is 314 g/mol. The number of thioether (sulfide) groups is 1. The van der Waals surface area contributed by atoms with Crippen molar-refractivity contribution in [3.63, 3.8) is 0 Å². The van der Waals surface area contributed by atoms with Gasteiger partial charge in [0.2, 0.25) is 5.91 Å². The summed E-state index contributed by atoms with van der Waals surface area (Å²) in [5.74, 6) is 1.73. The van der Waals surface area contributed by atoms with E-state index in [1.165, 1.54) is 0 Å². The molecular formula is C15H31N5O2S. The summed E-state index contributed by atoms with van der Waals surface area (Å²) in [6, 6.07) is 0. The molecule has 0 aromatic heterocycles. The van der Waals surface area contributed by atoms with Gasteiger partial charge in [0.05, 0.1) is 13.2 Å². The molecule has 0 bridgehead atoms.